The third-order valence-electron chi connectivity index (χ3n) is 3.57. The summed E-state index contributed by atoms with van der Waals surface area (Å²) in [7, 11) is 0. The summed E-state index contributed by atoms with van der Waals surface area (Å²) in [6, 6.07) is 11.8. The van der Waals surface area contributed by atoms with Crippen LogP contribution < -0.4 is 15.4 Å². The number of amides is 2. The highest BCUT2D eigenvalue weighted by Gasteiger charge is 2.23. The highest BCUT2D eigenvalue weighted by Crippen LogP contribution is 2.27. The van der Waals surface area contributed by atoms with E-state index in [0.29, 0.717) is 27.0 Å². The van der Waals surface area contributed by atoms with Gasteiger partial charge in [0.05, 0.1) is 5.02 Å². The van der Waals surface area contributed by atoms with Crippen molar-refractivity contribution in [1.29, 1.82) is 0 Å². The fourth-order valence-electron chi connectivity index (χ4n) is 2.16. The van der Waals surface area contributed by atoms with E-state index in [9.17, 15) is 9.59 Å². The number of halogens is 2. The minimum absolute atomic E-state index is 0.138. The van der Waals surface area contributed by atoms with Gasteiger partial charge in [-0.15, -0.1) is 0 Å². The topological polar surface area (TPSA) is 67.4 Å². The molecule has 0 bridgehead atoms. The fraction of sp³-hybridized carbons (Fsp3) is 0.222. The number of hydrogen-bond acceptors (Lipinski definition) is 3. The number of hydrogen-bond donors (Lipinski definition) is 2. The molecule has 0 radical (unpaired) electrons. The van der Waals surface area contributed by atoms with Crippen LogP contribution in [0.4, 0.5) is 5.69 Å². The molecule has 0 aliphatic heterocycles. The molecule has 2 N–H and O–H groups in total. The van der Waals surface area contributed by atoms with E-state index in [2.05, 4.69) is 10.6 Å². The Morgan fingerprint density at radius 1 is 1.12 bits per heavy atom. The number of nitrogens with one attached hydrogen (secondary N) is 2. The molecule has 0 saturated heterocycles. The Kier molecular flexibility index (Phi) is 5.46. The summed E-state index contributed by atoms with van der Waals surface area (Å²) >= 11 is 11.9. The molecule has 2 amide bonds. The summed E-state index contributed by atoms with van der Waals surface area (Å²) in [6.07, 6.45) is 2.04. The Hall–Kier alpha value is -2.24. The zero-order valence-electron chi connectivity index (χ0n) is 13.2. The van der Waals surface area contributed by atoms with E-state index in [1.165, 1.54) is 0 Å². The van der Waals surface area contributed by atoms with E-state index in [0.717, 1.165) is 12.8 Å². The maximum atomic E-state index is 12.0. The first kappa shape index (κ1) is 17.6. The lowest BCUT2D eigenvalue weighted by atomic mass is 10.2. The third kappa shape index (κ3) is 5.11. The van der Waals surface area contributed by atoms with Crippen LogP contribution in [0.5, 0.6) is 5.75 Å². The van der Waals surface area contributed by atoms with Gasteiger partial charge in [0.15, 0.2) is 6.61 Å². The van der Waals surface area contributed by atoms with Gasteiger partial charge in [0.2, 0.25) is 0 Å². The van der Waals surface area contributed by atoms with Gasteiger partial charge in [-0.3, -0.25) is 9.59 Å². The Balaban J connectivity index is 1.57. The van der Waals surface area contributed by atoms with Crippen LogP contribution in [-0.4, -0.2) is 24.5 Å². The predicted molar refractivity (Wildman–Crippen MR) is 97.5 cm³/mol. The second-order valence-corrected chi connectivity index (χ2v) is 6.58. The second kappa shape index (κ2) is 7.76. The van der Waals surface area contributed by atoms with Gasteiger partial charge < -0.3 is 15.4 Å². The zero-order valence-corrected chi connectivity index (χ0v) is 14.7. The smallest absolute Gasteiger partial charge is 0.262 e. The molecule has 1 saturated carbocycles. The largest absolute Gasteiger partial charge is 0.482 e. The van der Waals surface area contributed by atoms with Gasteiger partial charge in [0, 0.05) is 28.4 Å². The monoisotopic (exact) mass is 378 g/mol. The number of benzene rings is 2. The molecule has 0 heterocycles. The van der Waals surface area contributed by atoms with Crippen LogP contribution >= 0.6 is 23.2 Å². The van der Waals surface area contributed by atoms with Crippen molar-refractivity contribution in [2.45, 2.75) is 18.9 Å². The molecule has 1 fully saturated rings. The molecule has 5 nitrogen and oxygen atoms in total. The van der Waals surface area contributed by atoms with E-state index in [-0.39, 0.29) is 24.5 Å². The Morgan fingerprint density at radius 3 is 2.68 bits per heavy atom. The molecule has 7 heteroatoms. The molecular weight excluding hydrogens is 363 g/mol. The summed E-state index contributed by atoms with van der Waals surface area (Å²) < 4.78 is 5.38. The summed E-state index contributed by atoms with van der Waals surface area (Å²) in [5.41, 5.74) is 1.03. The van der Waals surface area contributed by atoms with Crippen molar-refractivity contribution < 1.29 is 14.3 Å². The van der Waals surface area contributed by atoms with Gasteiger partial charge in [0.25, 0.3) is 11.8 Å². The van der Waals surface area contributed by atoms with E-state index < -0.39 is 0 Å². The van der Waals surface area contributed by atoms with E-state index >= 15 is 0 Å². The molecule has 1 aliphatic rings. The lowest BCUT2D eigenvalue weighted by Crippen LogP contribution is -2.25. The van der Waals surface area contributed by atoms with Crippen LogP contribution in [0, 0.1) is 0 Å². The summed E-state index contributed by atoms with van der Waals surface area (Å²) in [4.78, 5) is 24.1. The molecule has 0 aromatic heterocycles. The first-order valence-corrected chi connectivity index (χ1v) is 8.55. The SMILES string of the molecule is O=C(COc1cc(Cl)ccc1Cl)Nc1cccc(C(=O)NC2CC2)c1. The first-order chi connectivity index (χ1) is 12.0. The van der Waals surface area contributed by atoms with Gasteiger partial charge in [-0.2, -0.15) is 0 Å². The van der Waals surface area contributed by atoms with Gasteiger partial charge in [-0.05, 0) is 43.2 Å². The van der Waals surface area contributed by atoms with Crippen molar-refractivity contribution in [2.24, 2.45) is 0 Å². The van der Waals surface area contributed by atoms with Crippen LogP contribution in [-0.2, 0) is 4.79 Å². The Labute approximate surface area is 155 Å². The van der Waals surface area contributed by atoms with Crippen molar-refractivity contribution in [1.82, 2.24) is 5.32 Å². The van der Waals surface area contributed by atoms with Crippen molar-refractivity contribution in [3.05, 3.63) is 58.1 Å². The maximum absolute atomic E-state index is 12.0. The lowest BCUT2D eigenvalue weighted by Gasteiger charge is -2.10. The quantitative estimate of drug-likeness (QED) is 0.800. The molecule has 0 unspecified atom stereocenters. The van der Waals surface area contributed by atoms with Crippen LogP contribution in [0.3, 0.4) is 0 Å². The summed E-state index contributed by atoms with van der Waals surface area (Å²) in [5, 5.41) is 6.43. The molecule has 3 rings (SSSR count). The molecule has 130 valence electrons. The van der Waals surface area contributed by atoms with Crippen LogP contribution in [0.15, 0.2) is 42.5 Å². The van der Waals surface area contributed by atoms with Crippen LogP contribution in [0.1, 0.15) is 23.2 Å². The zero-order chi connectivity index (χ0) is 17.8. The van der Waals surface area contributed by atoms with Crippen molar-refractivity contribution in [2.75, 3.05) is 11.9 Å². The van der Waals surface area contributed by atoms with E-state index in [1.54, 1.807) is 42.5 Å². The number of anilines is 1. The minimum Gasteiger partial charge on any atom is -0.482 e. The van der Waals surface area contributed by atoms with Crippen LogP contribution in [0.2, 0.25) is 10.0 Å². The summed E-state index contributed by atoms with van der Waals surface area (Å²) in [5.74, 6) is -0.168. The molecule has 0 atom stereocenters. The predicted octanol–water partition coefficient (Wildman–Crippen LogP) is 3.90. The van der Waals surface area contributed by atoms with Crippen molar-refractivity contribution in [3.8, 4) is 5.75 Å². The fourth-order valence-corrected chi connectivity index (χ4v) is 2.50. The minimum atomic E-state index is -0.365. The molecule has 1 aliphatic carbocycles. The maximum Gasteiger partial charge on any atom is 0.262 e. The number of carbonyl (C=O) groups excluding carboxylic acids is 2. The highest BCUT2D eigenvalue weighted by atomic mass is 35.5. The molecule has 25 heavy (non-hydrogen) atoms. The van der Waals surface area contributed by atoms with Gasteiger partial charge in [-0.1, -0.05) is 29.3 Å². The molecule has 2 aromatic rings. The van der Waals surface area contributed by atoms with Crippen LogP contribution in [0.25, 0.3) is 0 Å². The Morgan fingerprint density at radius 2 is 1.92 bits per heavy atom. The van der Waals surface area contributed by atoms with E-state index in [1.807, 2.05) is 0 Å². The van der Waals surface area contributed by atoms with Crippen molar-refractivity contribution in [3.63, 3.8) is 0 Å². The van der Waals surface area contributed by atoms with Gasteiger partial charge in [-0.25, -0.2) is 0 Å². The number of rotatable bonds is 6. The molecule has 0 spiro atoms. The third-order valence-corrected chi connectivity index (χ3v) is 4.12. The van der Waals surface area contributed by atoms with Crippen molar-refractivity contribution >= 4 is 40.7 Å². The number of carbonyl (C=O) groups is 2. The molecule has 2 aromatic carbocycles. The summed E-state index contributed by atoms with van der Waals surface area (Å²) in [6.45, 7) is -0.224. The lowest BCUT2D eigenvalue weighted by molar-refractivity contribution is -0.118. The average Bonchev–Trinajstić information content (AvgIpc) is 3.40. The van der Waals surface area contributed by atoms with E-state index in [4.69, 9.17) is 27.9 Å². The first-order valence-electron chi connectivity index (χ1n) is 7.80. The highest BCUT2D eigenvalue weighted by molar-refractivity contribution is 6.34. The standard InChI is InChI=1S/C18H16Cl2N2O3/c19-12-4-7-15(20)16(9-12)25-10-17(23)21-14-3-1-2-11(8-14)18(24)22-13-5-6-13/h1-4,7-9,13H,5-6,10H2,(H,21,23)(H,22,24). The normalized spacial score (nSPS) is 13.2. The molecular formula is C18H16Cl2N2O3. The van der Waals surface area contributed by atoms with Gasteiger partial charge in [0.1, 0.15) is 5.75 Å². The second-order valence-electron chi connectivity index (χ2n) is 5.74. The Bertz CT molecular complexity index is 807. The number of ether oxygens (including phenoxy) is 1. The average molecular weight is 379 g/mol. The van der Waals surface area contributed by atoms with Gasteiger partial charge >= 0.3 is 0 Å².